The Hall–Kier alpha value is -2.55. The lowest BCUT2D eigenvalue weighted by Gasteiger charge is -2.36. The van der Waals surface area contributed by atoms with Gasteiger partial charge in [-0.25, -0.2) is 8.42 Å². The number of sulfonamides is 1. The Morgan fingerprint density at radius 3 is 2.32 bits per heavy atom. The van der Waals surface area contributed by atoms with Crippen LogP contribution in [0.5, 0.6) is 0 Å². The highest BCUT2D eigenvalue weighted by atomic mass is 32.2. The van der Waals surface area contributed by atoms with Crippen LogP contribution in [-0.4, -0.2) is 54.0 Å². The van der Waals surface area contributed by atoms with E-state index in [1.807, 2.05) is 64.1 Å². The van der Waals surface area contributed by atoms with E-state index in [0.29, 0.717) is 42.9 Å². The molecule has 0 spiro atoms. The van der Waals surface area contributed by atoms with Gasteiger partial charge >= 0.3 is 0 Å². The zero-order valence-corrected chi connectivity index (χ0v) is 19.2. The van der Waals surface area contributed by atoms with E-state index in [0.717, 1.165) is 22.3 Å². The number of piperazine rings is 1. The molecule has 1 fully saturated rings. The van der Waals surface area contributed by atoms with Gasteiger partial charge in [0.05, 0.1) is 10.9 Å². The first-order valence-corrected chi connectivity index (χ1v) is 11.9. The van der Waals surface area contributed by atoms with E-state index in [1.54, 1.807) is 10.4 Å². The summed E-state index contributed by atoms with van der Waals surface area (Å²) in [7, 11) is -3.50. The Balaban J connectivity index is 1.44. The predicted octanol–water partition coefficient (Wildman–Crippen LogP) is 3.73. The van der Waals surface area contributed by atoms with E-state index < -0.39 is 10.0 Å². The van der Waals surface area contributed by atoms with E-state index in [-0.39, 0.29) is 6.04 Å². The van der Waals surface area contributed by atoms with E-state index in [2.05, 4.69) is 15.1 Å². The molecule has 1 aliphatic heterocycles. The molecule has 0 radical (unpaired) electrons. The summed E-state index contributed by atoms with van der Waals surface area (Å²) < 4.78 is 33.7. The number of rotatable bonds is 5. The standard InChI is InChI=1S/C23H28N4O3S/c1-16-6-5-7-20(15-16)23-25-24-22(30-23)19(4)26-10-12-27(13-11-26)31(28,29)21-9-8-17(2)14-18(21)3/h5-9,14-15,19H,10-13H2,1-4H3. The summed E-state index contributed by atoms with van der Waals surface area (Å²) in [6.45, 7) is 9.92. The van der Waals surface area contributed by atoms with E-state index in [9.17, 15) is 8.42 Å². The average Bonchev–Trinajstić information content (AvgIpc) is 3.23. The van der Waals surface area contributed by atoms with Crippen LogP contribution in [0.2, 0.25) is 0 Å². The van der Waals surface area contributed by atoms with Crippen LogP contribution in [0.4, 0.5) is 0 Å². The summed E-state index contributed by atoms with van der Waals surface area (Å²) in [6, 6.07) is 13.3. The fourth-order valence-corrected chi connectivity index (χ4v) is 5.64. The van der Waals surface area contributed by atoms with Gasteiger partial charge in [-0.05, 0) is 51.5 Å². The molecule has 1 unspecified atom stereocenters. The van der Waals surface area contributed by atoms with Crippen LogP contribution in [0.1, 0.15) is 35.5 Å². The lowest BCUT2D eigenvalue weighted by molar-refractivity contribution is 0.129. The maximum atomic E-state index is 13.1. The van der Waals surface area contributed by atoms with Gasteiger partial charge in [-0.3, -0.25) is 4.90 Å². The molecular formula is C23H28N4O3S. The number of aryl methyl sites for hydroxylation is 3. The van der Waals surface area contributed by atoms with Crippen LogP contribution in [0.25, 0.3) is 11.5 Å². The monoisotopic (exact) mass is 440 g/mol. The average molecular weight is 441 g/mol. The van der Waals surface area contributed by atoms with E-state index in [1.165, 1.54) is 0 Å². The van der Waals surface area contributed by atoms with Gasteiger partial charge in [-0.15, -0.1) is 10.2 Å². The largest absolute Gasteiger partial charge is 0.419 e. The second-order valence-corrected chi connectivity index (χ2v) is 10.1. The number of hydrogen-bond donors (Lipinski definition) is 0. The van der Waals surface area contributed by atoms with Crippen LogP contribution < -0.4 is 0 Å². The molecule has 2 heterocycles. The number of nitrogens with zero attached hydrogens (tertiary/aromatic N) is 4. The van der Waals surface area contributed by atoms with Crippen molar-refractivity contribution < 1.29 is 12.8 Å². The van der Waals surface area contributed by atoms with E-state index >= 15 is 0 Å². The fraction of sp³-hybridized carbons (Fsp3) is 0.391. The highest BCUT2D eigenvalue weighted by Crippen LogP contribution is 2.27. The minimum absolute atomic E-state index is 0.0861. The summed E-state index contributed by atoms with van der Waals surface area (Å²) in [5.74, 6) is 1.05. The molecule has 1 saturated heterocycles. The van der Waals surface area contributed by atoms with Crippen molar-refractivity contribution in [2.75, 3.05) is 26.2 Å². The zero-order chi connectivity index (χ0) is 22.2. The lowest BCUT2D eigenvalue weighted by atomic mass is 10.1. The molecule has 2 aromatic carbocycles. The van der Waals surface area contributed by atoms with Crippen LogP contribution in [0, 0.1) is 20.8 Å². The predicted molar refractivity (Wildman–Crippen MR) is 119 cm³/mol. The molecule has 3 aromatic rings. The molecule has 0 amide bonds. The SMILES string of the molecule is Cc1cccc(-c2nnc(C(C)N3CCN(S(=O)(=O)c4ccc(C)cc4C)CC3)o2)c1. The van der Waals surface area contributed by atoms with Gasteiger partial charge in [0.15, 0.2) is 0 Å². The summed E-state index contributed by atoms with van der Waals surface area (Å²) in [5.41, 5.74) is 3.87. The molecule has 8 heteroatoms. The zero-order valence-electron chi connectivity index (χ0n) is 18.4. The highest BCUT2D eigenvalue weighted by Gasteiger charge is 2.32. The Labute approximate surface area is 183 Å². The van der Waals surface area contributed by atoms with Gasteiger partial charge < -0.3 is 4.42 Å². The summed E-state index contributed by atoms with van der Waals surface area (Å²) >= 11 is 0. The maximum Gasteiger partial charge on any atom is 0.247 e. The molecule has 0 aliphatic carbocycles. The van der Waals surface area contributed by atoms with Crippen molar-refractivity contribution in [2.45, 2.75) is 38.6 Å². The minimum atomic E-state index is -3.50. The summed E-state index contributed by atoms with van der Waals surface area (Å²) in [4.78, 5) is 2.57. The Kier molecular flexibility index (Phi) is 5.96. The van der Waals surface area contributed by atoms with Gasteiger partial charge in [0.2, 0.25) is 21.8 Å². The van der Waals surface area contributed by atoms with Crippen molar-refractivity contribution in [2.24, 2.45) is 0 Å². The van der Waals surface area contributed by atoms with Crippen molar-refractivity contribution in [3.8, 4) is 11.5 Å². The van der Waals surface area contributed by atoms with Crippen molar-refractivity contribution >= 4 is 10.0 Å². The van der Waals surface area contributed by atoms with Crippen LogP contribution >= 0.6 is 0 Å². The van der Waals surface area contributed by atoms with Crippen molar-refractivity contribution in [1.29, 1.82) is 0 Å². The summed E-state index contributed by atoms with van der Waals surface area (Å²) in [6.07, 6.45) is 0. The molecule has 7 nitrogen and oxygen atoms in total. The van der Waals surface area contributed by atoms with Crippen LogP contribution in [0.3, 0.4) is 0 Å². The van der Waals surface area contributed by atoms with Crippen molar-refractivity contribution in [1.82, 2.24) is 19.4 Å². The first-order valence-electron chi connectivity index (χ1n) is 10.5. The van der Waals surface area contributed by atoms with Crippen LogP contribution in [0.15, 0.2) is 51.8 Å². The van der Waals surface area contributed by atoms with Crippen molar-refractivity contribution in [3.63, 3.8) is 0 Å². The third-order valence-corrected chi connectivity index (χ3v) is 7.89. The first-order chi connectivity index (χ1) is 14.8. The fourth-order valence-electron chi connectivity index (χ4n) is 4.01. The topological polar surface area (TPSA) is 79.5 Å². The normalized spacial score (nSPS) is 17.0. The van der Waals surface area contributed by atoms with Gasteiger partial charge in [-0.2, -0.15) is 4.31 Å². The number of benzene rings is 2. The van der Waals surface area contributed by atoms with Gasteiger partial charge in [0, 0.05) is 31.7 Å². The second-order valence-electron chi connectivity index (χ2n) is 8.20. The molecule has 1 aromatic heterocycles. The highest BCUT2D eigenvalue weighted by molar-refractivity contribution is 7.89. The summed E-state index contributed by atoms with van der Waals surface area (Å²) in [5, 5.41) is 8.45. The second kappa shape index (κ2) is 8.53. The quantitative estimate of drug-likeness (QED) is 0.601. The first kappa shape index (κ1) is 21.7. The molecule has 4 rings (SSSR count). The molecule has 0 N–H and O–H groups in total. The van der Waals surface area contributed by atoms with Gasteiger partial charge in [0.25, 0.3) is 0 Å². The van der Waals surface area contributed by atoms with Crippen molar-refractivity contribution in [3.05, 3.63) is 65.0 Å². The lowest BCUT2D eigenvalue weighted by Crippen LogP contribution is -2.49. The third-order valence-electron chi connectivity index (χ3n) is 5.83. The molecule has 0 saturated carbocycles. The molecule has 1 aliphatic rings. The van der Waals surface area contributed by atoms with Gasteiger partial charge in [0.1, 0.15) is 0 Å². The Morgan fingerprint density at radius 1 is 0.935 bits per heavy atom. The van der Waals surface area contributed by atoms with Gasteiger partial charge in [-0.1, -0.05) is 35.4 Å². The molecule has 1 atom stereocenters. The third kappa shape index (κ3) is 4.42. The number of aromatic nitrogens is 2. The Bertz CT molecular complexity index is 1180. The minimum Gasteiger partial charge on any atom is -0.419 e. The maximum absolute atomic E-state index is 13.1. The molecular weight excluding hydrogens is 412 g/mol. The Morgan fingerprint density at radius 2 is 1.65 bits per heavy atom. The molecule has 0 bridgehead atoms. The molecule has 31 heavy (non-hydrogen) atoms. The smallest absolute Gasteiger partial charge is 0.247 e. The van der Waals surface area contributed by atoms with E-state index in [4.69, 9.17) is 4.42 Å². The van der Waals surface area contributed by atoms with Crippen LogP contribution in [-0.2, 0) is 10.0 Å². The molecule has 164 valence electrons. The number of hydrogen-bond acceptors (Lipinski definition) is 6.